The van der Waals surface area contributed by atoms with Gasteiger partial charge in [0, 0.05) is 21.7 Å². The number of carbonyl (C=O) groups excluding carboxylic acids is 1. The third-order valence-electron chi connectivity index (χ3n) is 2.24. The third-order valence-corrected chi connectivity index (χ3v) is 2.91. The molecule has 0 saturated heterocycles. The number of aromatic nitrogens is 2. The maximum atomic E-state index is 11.7. The zero-order valence-corrected chi connectivity index (χ0v) is 11.8. The molecule has 2 N–H and O–H groups in total. The molecule has 0 radical (unpaired) electrons. The van der Waals surface area contributed by atoms with E-state index >= 15 is 0 Å². The van der Waals surface area contributed by atoms with Gasteiger partial charge in [0.1, 0.15) is 0 Å². The highest BCUT2D eigenvalue weighted by Gasteiger charge is 2.05. The molecule has 0 saturated carbocycles. The first-order chi connectivity index (χ1) is 8.65. The molecule has 6 heteroatoms. The summed E-state index contributed by atoms with van der Waals surface area (Å²) >= 11 is 2.23. The maximum Gasteiger partial charge on any atom is 0.324 e. The van der Waals surface area contributed by atoms with Crippen molar-refractivity contribution < 1.29 is 4.79 Å². The summed E-state index contributed by atoms with van der Waals surface area (Å²) in [5, 5.41) is 5.37. The zero-order valence-electron chi connectivity index (χ0n) is 9.64. The van der Waals surface area contributed by atoms with Crippen molar-refractivity contribution in [2.24, 2.45) is 0 Å². The molecule has 0 unspecified atom stereocenters. The summed E-state index contributed by atoms with van der Waals surface area (Å²) in [6.45, 7) is 1.94. The van der Waals surface area contributed by atoms with Crippen LogP contribution in [0.5, 0.6) is 0 Å². The Morgan fingerprint density at radius 2 is 2.11 bits per heavy atom. The number of hydrogen-bond donors (Lipinski definition) is 2. The van der Waals surface area contributed by atoms with E-state index in [1.165, 1.54) is 12.4 Å². The molecule has 2 amide bonds. The number of halogens is 1. The maximum absolute atomic E-state index is 11.7. The first-order valence-electron chi connectivity index (χ1n) is 5.25. The Hall–Kier alpha value is -1.70. The van der Waals surface area contributed by atoms with E-state index in [1.807, 2.05) is 25.1 Å². The molecule has 0 spiro atoms. The van der Waals surface area contributed by atoms with Crippen LogP contribution in [0.2, 0.25) is 0 Å². The minimum absolute atomic E-state index is 0.334. The average Bonchev–Trinajstić information content (AvgIpc) is 2.34. The molecule has 1 aromatic heterocycles. The summed E-state index contributed by atoms with van der Waals surface area (Å²) < 4.78 is 1.13. The Bertz CT molecular complexity index is 559. The molecular formula is C12H11IN4O. The minimum atomic E-state index is -0.334. The lowest BCUT2D eigenvalue weighted by molar-refractivity contribution is 0.262. The number of carbonyl (C=O) groups is 1. The lowest BCUT2D eigenvalue weighted by atomic mass is 10.2. The van der Waals surface area contributed by atoms with Gasteiger partial charge in [-0.3, -0.25) is 10.3 Å². The Morgan fingerprint density at radius 1 is 1.28 bits per heavy atom. The zero-order chi connectivity index (χ0) is 13.0. The standard InChI is InChI=1S/C12H11IN4O/c1-8-6-9(13)2-3-10(8)16-12(18)17-11-7-14-4-5-15-11/h2-7H,1H3,(H2,15,16,17,18). The topological polar surface area (TPSA) is 66.9 Å². The van der Waals surface area contributed by atoms with Crippen LogP contribution in [0.1, 0.15) is 5.56 Å². The van der Waals surface area contributed by atoms with Gasteiger partial charge in [0.15, 0.2) is 5.82 Å². The van der Waals surface area contributed by atoms with Gasteiger partial charge in [-0.15, -0.1) is 0 Å². The van der Waals surface area contributed by atoms with Crippen molar-refractivity contribution in [2.45, 2.75) is 6.92 Å². The molecule has 0 bridgehead atoms. The number of nitrogens with zero attached hydrogens (tertiary/aromatic N) is 2. The van der Waals surface area contributed by atoms with Crippen molar-refractivity contribution in [2.75, 3.05) is 10.6 Å². The number of anilines is 2. The fourth-order valence-corrected chi connectivity index (χ4v) is 2.05. The largest absolute Gasteiger partial charge is 0.324 e. The lowest BCUT2D eigenvalue weighted by Gasteiger charge is -2.09. The highest BCUT2D eigenvalue weighted by atomic mass is 127. The second-order valence-corrected chi connectivity index (χ2v) is 4.87. The number of rotatable bonds is 2. The molecule has 0 aliphatic carbocycles. The Morgan fingerprint density at radius 3 is 2.78 bits per heavy atom. The van der Waals surface area contributed by atoms with Gasteiger partial charge in [-0.25, -0.2) is 9.78 Å². The molecule has 2 aromatic rings. The molecule has 0 fully saturated rings. The second-order valence-electron chi connectivity index (χ2n) is 3.63. The smallest absolute Gasteiger partial charge is 0.307 e. The summed E-state index contributed by atoms with van der Waals surface area (Å²) in [5.41, 5.74) is 1.79. The lowest BCUT2D eigenvalue weighted by Crippen LogP contribution is -2.20. The first-order valence-corrected chi connectivity index (χ1v) is 6.33. The van der Waals surface area contributed by atoms with Crippen molar-refractivity contribution in [1.82, 2.24) is 9.97 Å². The van der Waals surface area contributed by atoms with Crippen molar-refractivity contribution in [3.63, 3.8) is 0 Å². The summed E-state index contributed by atoms with van der Waals surface area (Å²) in [4.78, 5) is 19.6. The number of hydrogen-bond acceptors (Lipinski definition) is 3. The molecule has 1 aromatic carbocycles. The Kier molecular flexibility index (Phi) is 4.08. The van der Waals surface area contributed by atoms with Gasteiger partial charge in [0.05, 0.1) is 6.20 Å². The number of nitrogens with one attached hydrogen (secondary N) is 2. The van der Waals surface area contributed by atoms with Crippen molar-refractivity contribution in [1.29, 1.82) is 0 Å². The molecule has 92 valence electrons. The van der Waals surface area contributed by atoms with Crippen molar-refractivity contribution in [3.05, 3.63) is 45.9 Å². The summed E-state index contributed by atoms with van der Waals surface area (Å²) in [7, 11) is 0. The van der Waals surface area contributed by atoms with E-state index in [-0.39, 0.29) is 6.03 Å². The normalized spacial score (nSPS) is 9.89. The van der Waals surface area contributed by atoms with Crippen LogP contribution in [0, 0.1) is 10.5 Å². The predicted octanol–water partition coefficient (Wildman–Crippen LogP) is 3.03. The van der Waals surface area contributed by atoms with Crippen LogP contribution in [-0.2, 0) is 0 Å². The van der Waals surface area contributed by atoms with Gasteiger partial charge in [-0.1, -0.05) is 0 Å². The van der Waals surface area contributed by atoms with Crippen LogP contribution >= 0.6 is 22.6 Å². The number of benzene rings is 1. The Balaban J connectivity index is 2.03. The van der Waals surface area contributed by atoms with Crippen LogP contribution in [0.25, 0.3) is 0 Å². The second kappa shape index (κ2) is 5.76. The van der Waals surface area contributed by atoms with Gasteiger partial charge in [0.25, 0.3) is 0 Å². The van der Waals surface area contributed by atoms with E-state index in [9.17, 15) is 4.79 Å². The van der Waals surface area contributed by atoms with Crippen molar-refractivity contribution in [3.8, 4) is 0 Å². The monoisotopic (exact) mass is 354 g/mol. The minimum Gasteiger partial charge on any atom is -0.307 e. The predicted molar refractivity (Wildman–Crippen MR) is 78.6 cm³/mol. The summed E-state index contributed by atoms with van der Waals surface area (Å²) in [6.07, 6.45) is 4.55. The molecular weight excluding hydrogens is 343 g/mol. The fourth-order valence-electron chi connectivity index (χ4n) is 1.40. The third kappa shape index (κ3) is 3.39. The first kappa shape index (κ1) is 12.7. The molecule has 2 rings (SSSR count). The number of aryl methyl sites for hydroxylation is 1. The van der Waals surface area contributed by atoms with Gasteiger partial charge in [-0.2, -0.15) is 0 Å². The van der Waals surface area contributed by atoms with E-state index < -0.39 is 0 Å². The molecule has 0 aliphatic rings. The van der Waals surface area contributed by atoms with E-state index in [1.54, 1.807) is 6.20 Å². The highest BCUT2D eigenvalue weighted by Crippen LogP contribution is 2.17. The van der Waals surface area contributed by atoms with E-state index in [2.05, 4.69) is 43.2 Å². The van der Waals surface area contributed by atoms with E-state index in [0.717, 1.165) is 14.8 Å². The highest BCUT2D eigenvalue weighted by molar-refractivity contribution is 14.1. The van der Waals surface area contributed by atoms with Gasteiger partial charge in [0.2, 0.25) is 0 Å². The molecule has 1 heterocycles. The molecule has 0 aliphatic heterocycles. The van der Waals surface area contributed by atoms with Gasteiger partial charge < -0.3 is 5.32 Å². The SMILES string of the molecule is Cc1cc(I)ccc1NC(=O)Nc1cnccn1. The van der Waals surface area contributed by atoms with E-state index in [0.29, 0.717) is 5.82 Å². The quantitative estimate of drug-likeness (QED) is 0.815. The molecule has 0 atom stereocenters. The van der Waals surface area contributed by atoms with Crippen LogP contribution in [-0.4, -0.2) is 16.0 Å². The van der Waals surface area contributed by atoms with Crippen LogP contribution in [0.15, 0.2) is 36.8 Å². The van der Waals surface area contributed by atoms with E-state index in [4.69, 9.17) is 0 Å². The van der Waals surface area contributed by atoms with Crippen LogP contribution in [0.4, 0.5) is 16.3 Å². The van der Waals surface area contributed by atoms with Gasteiger partial charge >= 0.3 is 6.03 Å². The molecule has 18 heavy (non-hydrogen) atoms. The van der Waals surface area contributed by atoms with Gasteiger partial charge in [-0.05, 0) is 53.3 Å². The number of amides is 2. The van der Waals surface area contributed by atoms with Crippen molar-refractivity contribution >= 4 is 40.1 Å². The average molecular weight is 354 g/mol. The Labute approximate surface area is 118 Å². The van der Waals surface area contributed by atoms with Crippen LogP contribution in [0.3, 0.4) is 0 Å². The summed E-state index contributed by atoms with van der Waals surface area (Å²) in [5.74, 6) is 0.415. The van der Waals surface area contributed by atoms with Crippen LogP contribution < -0.4 is 10.6 Å². The fraction of sp³-hybridized carbons (Fsp3) is 0.0833. The molecule has 5 nitrogen and oxygen atoms in total. The summed E-state index contributed by atoms with van der Waals surface area (Å²) in [6, 6.07) is 5.47. The number of urea groups is 1.